The van der Waals surface area contributed by atoms with Crippen LogP contribution >= 0.6 is 0 Å². The minimum Gasteiger partial charge on any atom is -0.416 e. The topological polar surface area (TPSA) is 64.7 Å². The molecule has 2 aromatic heterocycles. The molecule has 0 atom stereocenters. The Morgan fingerprint density at radius 3 is 1.88 bits per heavy atom. The minimum atomic E-state index is 0.506. The van der Waals surface area contributed by atoms with E-state index in [0.29, 0.717) is 11.8 Å². The molecule has 1 aliphatic carbocycles. The van der Waals surface area contributed by atoms with Crippen molar-refractivity contribution in [2.75, 3.05) is 0 Å². The van der Waals surface area contributed by atoms with Crippen LogP contribution in [0.15, 0.2) is 138 Å². The first kappa shape index (κ1) is 25.1. The maximum atomic E-state index is 6.12. The van der Waals surface area contributed by atoms with E-state index in [1.165, 1.54) is 5.57 Å². The smallest absolute Gasteiger partial charge is 0.248 e. The fraction of sp³-hybridized carbons (Fsp3) is 0.0526. The lowest BCUT2D eigenvalue weighted by Crippen LogP contribution is -2.00. The molecule has 0 N–H and O–H groups in total. The molecule has 0 saturated carbocycles. The number of rotatable bonds is 5. The summed E-state index contributed by atoms with van der Waals surface area (Å²) in [4.78, 5) is 10.2. The number of benzene rings is 5. The van der Waals surface area contributed by atoms with Gasteiger partial charge in [-0.15, -0.1) is 10.2 Å². The molecular formula is C38H26N4O. The molecule has 5 heteroatoms. The normalized spacial score (nSPS) is 13.0. The molecule has 204 valence electrons. The first-order chi connectivity index (χ1) is 21.3. The van der Waals surface area contributed by atoms with Crippen molar-refractivity contribution in [3.63, 3.8) is 0 Å². The number of aromatic nitrogens is 4. The number of para-hydroxylation sites is 2. The Labute approximate surface area is 248 Å². The lowest BCUT2D eigenvalue weighted by molar-refractivity contribution is 0.585. The van der Waals surface area contributed by atoms with E-state index in [9.17, 15) is 0 Å². The second-order valence-corrected chi connectivity index (χ2v) is 10.6. The molecule has 0 unspecified atom stereocenters. The van der Waals surface area contributed by atoms with Crippen LogP contribution in [0.3, 0.4) is 0 Å². The summed E-state index contributed by atoms with van der Waals surface area (Å²) in [6.07, 6.45) is 8.45. The van der Waals surface area contributed by atoms with Crippen LogP contribution in [-0.2, 0) is 0 Å². The van der Waals surface area contributed by atoms with Crippen LogP contribution in [0.4, 0.5) is 0 Å². The molecule has 0 spiro atoms. The van der Waals surface area contributed by atoms with Crippen molar-refractivity contribution in [1.29, 1.82) is 0 Å². The van der Waals surface area contributed by atoms with Gasteiger partial charge in [0, 0.05) is 16.7 Å². The molecule has 43 heavy (non-hydrogen) atoms. The van der Waals surface area contributed by atoms with Gasteiger partial charge in [-0.1, -0.05) is 103 Å². The van der Waals surface area contributed by atoms with Crippen LogP contribution in [0.25, 0.3) is 72.7 Å². The number of hydrogen-bond donors (Lipinski definition) is 0. The van der Waals surface area contributed by atoms with Gasteiger partial charge in [0.2, 0.25) is 11.8 Å². The first-order valence-electron chi connectivity index (χ1n) is 14.5. The van der Waals surface area contributed by atoms with Crippen LogP contribution in [0, 0.1) is 0 Å². The van der Waals surface area contributed by atoms with Crippen LogP contribution < -0.4 is 0 Å². The summed E-state index contributed by atoms with van der Waals surface area (Å²) >= 11 is 0. The van der Waals surface area contributed by atoms with Gasteiger partial charge in [-0.05, 0) is 70.6 Å². The molecular weight excluding hydrogens is 528 g/mol. The molecule has 0 bridgehead atoms. The summed E-state index contributed by atoms with van der Waals surface area (Å²) in [7, 11) is 0. The summed E-state index contributed by atoms with van der Waals surface area (Å²) in [5.74, 6) is 1.02. The Balaban J connectivity index is 1.19. The van der Waals surface area contributed by atoms with E-state index in [2.05, 4.69) is 83.0 Å². The van der Waals surface area contributed by atoms with Gasteiger partial charge in [0.15, 0.2) is 0 Å². The Bertz CT molecular complexity index is 2180. The summed E-state index contributed by atoms with van der Waals surface area (Å²) in [6, 6.07) is 39.2. The van der Waals surface area contributed by atoms with E-state index in [0.717, 1.165) is 73.9 Å². The highest BCUT2D eigenvalue weighted by Crippen LogP contribution is 2.38. The largest absolute Gasteiger partial charge is 0.416 e. The number of fused-ring (bicyclic) bond motifs is 2. The average molecular weight is 555 g/mol. The maximum Gasteiger partial charge on any atom is 0.248 e. The van der Waals surface area contributed by atoms with E-state index in [1.807, 2.05) is 60.7 Å². The highest BCUT2D eigenvalue weighted by Gasteiger charge is 2.18. The van der Waals surface area contributed by atoms with Gasteiger partial charge in [-0.3, -0.25) is 0 Å². The Morgan fingerprint density at radius 2 is 1.14 bits per heavy atom. The van der Waals surface area contributed by atoms with Crippen molar-refractivity contribution in [3.05, 3.63) is 139 Å². The molecule has 5 aromatic carbocycles. The lowest BCUT2D eigenvalue weighted by atomic mass is 9.93. The molecule has 8 rings (SSSR count). The van der Waals surface area contributed by atoms with Crippen molar-refractivity contribution in [1.82, 2.24) is 20.2 Å². The Hall–Kier alpha value is -5.68. The lowest BCUT2D eigenvalue weighted by Gasteiger charge is -2.15. The van der Waals surface area contributed by atoms with Crippen LogP contribution in [0.2, 0.25) is 0 Å². The van der Waals surface area contributed by atoms with E-state index >= 15 is 0 Å². The van der Waals surface area contributed by atoms with E-state index in [4.69, 9.17) is 14.4 Å². The quantitative estimate of drug-likeness (QED) is 0.212. The van der Waals surface area contributed by atoms with Gasteiger partial charge >= 0.3 is 0 Å². The maximum absolute atomic E-state index is 6.12. The van der Waals surface area contributed by atoms with Gasteiger partial charge in [0.25, 0.3) is 0 Å². The fourth-order valence-electron chi connectivity index (χ4n) is 5.80. The molecule has 1 aliphatic rings. The standard InChI is InChI=1S/C38H26N4O/c1-3-11-26(12-4-1)35-36(40-34-18-10-9-17-33(34)39-35)27-21-19-25(20-22-27)29-23-24-32(31-16-8-7-15-30(29)31)38-42-41-37(43-38)28-13-5-2-6-14-28/h1-3,5-11,13-24H,4,12H2. The SMILES string of the molecule is C1=CCCC(c2nc3ccccc3nc2-c2ccc(-c3ccc(-c4nnc(-c5ccccc5)o4)c4ccccc34)cc2)=C1. The second kappa shape index (κ2) is 10.6. The Kier molecular flexibility index (Phi) is 6.19. The van der Waals surface area contributed by atoms with Crippen molar-refractivity contribution < 1.29 is 4.42 Å². The molecule has 7 aromatic rings. The summed E-state index contributed by atoms with van der Waals surface area (Å²) in [5, 5.41) is 10.9. The van der Waals surface area contributed by atoms with Crippen molar-refractivity contribution >= 4 is 27.4 Å². The zero-order chi connectivity index (χ0) is 28.6. The predicted octanol–water partition coefficient (Wildman–Crippen LogP) is 9.57. The molecule has 0 saturated heterocycles. The van der Waals surface area contributed by atoms with E-state index in [1.54, 1.807) is 0 Å². The van der Waals surface area contributed by atoms with Gasteiger partial charge in [0.05, 0.1) is 22.4 Å². The molecule has 5 nitrogen and oxygen atoms in total. The third kappa shape index (κ3) is 4.61. The number of nitrogens with zero attached hydrogens (tertiary/aromatic N) is 4. The molecule has 0 amide bonds. The van der Waals surface area contributed by atoms with Gasteiger partial charge in [-0.2, -0.15) is 0 Å². The average Bonchev–Trinajstić information content (AvgIpc) is 3.58. The highest BCUT2D eigenvalue weighted by atomic mass is 16.4. The van der Waals surface area contributed by atoms with Gasteiger partial charge < -0.3 is 4.42 Å². The first-order valence-corrected chi connectivity index (χ1v) is 14.5. The van der Waals surface area contributed by atoms with Crippen LogP contribution in [0.1, 0.15) is 18.5 Å². The third-order valence-corrected chi connectivity index (χ3v) is 7.96. The third-order valence-electron chi connectivity index (χ3n) is 7.96. The van der Waals surface area contributed by atoms with E-state index < -0.39 is 0 Å². The van der Waals surface area contributed by atoms with Crippen LogP contribution in [-0.4, -0.2) is 20.2 Å². The molecule has 0 fully saturated rings. The molecule has 2 heterocycles. The fourth-order valence-corrected chi connectivity index (χ4v) is 5.80. The van der Waals surface area contributed by atoms with Crippen molar-refractivity contribution in [3.8, 4) is 45.3 Å². The number of hydrogen-bond acceptors (Lipinski definition) is 5. The molecule has 0 aliphatic heterocycles. The number of allylic oxidation sites excluding steroid dienone is 4. The zero-order valence-electron chi connectivity index (χ0n) is 23.3. The van der Waals surface area contributed by atoms with E-state index in [-0.39, 0.29) is 0 Å². The highest BCUT2D eigenvalue weighted by molar-refractivity contribution is 6.04. The summed E-state index contributed by atoms with van der Waals surface area (Å²) in [5.41, 5.74) is 10.0. The minimum absolute atomic E-state index is 0.506. The summed E-state index contributed by atoms with van der Waals surface area (Å²) in [6.45, 7) is 0. The molecule has 0 radical (unpaired) electrons. The monoisotopic (exact) mass is 554 g/mol. The van der Waals surface area contributed by atoms with Crippen molar-refractivity contribution in [2.24, 2.45) is 0 Å². The zero-order valence-corrected chi connectivity index (χ0v) is 23.3. The van der Waals surface area contributed by atoms with Gasteiger partial charge in [0.1, 0.15) is 0 Å². The predicted molar refractivity (Wildman–Crippen MR) is 173 cm³/mol. The second-order valence-electron chi connectivity index (χ2n) is 10.6. The van der Waals surface area contributed by atoms with Crippen LogP contribution in [0.5, 0.6) is 0 Å². The summed E-state index contributed by atoms with van der Waals surface area (Å²) < 4.78 is 6.12. The van der Waals surface area contributed by atoms with Crippen molar-refractivity contribution in [2.45, 2.75) is 12.8 Å². The Morgan fingerprint density at radius 1 is 0.512 bits per heavy atom. The van der Waals surface area contributed by atoms with Gasteiger partial charge in [-0.25, -0.2) is 9.97 Å².